The molecule has 1 aromatic rings. The predicted molar refractivity (Wildman–Crippen MR) is 116 cm³/mol. The van der Waals surface area contributed by atoms with Crippen molar-refractivity contribution in [2.24, 2.45) is 11.1 Å². The third kappa shape index (κ3) is 3.21. The van der Waals surface area contributed by atoms with Crippen LogP contribution in [0.25, 0.3) is 0 Å². The van der Waals surface area contributed by atoms with Gasteiger partial charge in [-0.2, -0.15) is 0 Å². The van der Waals surface area contributed by atoms with Crippen LogP contribution >= 0.6 is 0 Å². The lowest BCUT2D eigenvalue weighted by molar-refractivity contribution is -0.145. The monoisotopic (exact) mass is 454 g/mol. The summed E-state index contributed by atoms with van der Waals surface area (Å²) in [5.74, 6) is -2.47. The van der Waals surface area contributed by atoms with E-state index in [1.54, 1.807) is 31.2 Å². The molecule has 0 bridgehead atoms. The number of hydrogen-bond acceptors (Lipinski definition) is 9. The van der Waals surface area contributed by atoms with Gasteiger partial charge in [0.15, 0.2) is 11.2 Å². The maximum absolute atomic E-state index is 13.6. The summed E-state index contributed by atoms with van der Waals surface area (Å²) in [5, 5.41) is 0. The van der Waals surface area contributed by atoms with E-state index < -0.39 is 28.7 Å². The Morgan fingerprint density at radius 2 is 1.88 bits per heavy atom. The van der Waals surface area contributed by atoms with E-state index in [1.807, 2.05) is 13.8 Å². The third-order valence-electron chi connectivity index (χ3n) is 6.24. The molecule has 0 unspecified atom stereocenters. The van der Waals surface area contributed by atoms with Crippen LogP contribution in [0.1, 0.15) is 39.2 Å². The van der Waals surface area contributed by atoms with Gasteiger partial charge in [-0.05, 0) is 18.4 Å². The molecule has 2 N–H and O–H groups in total. The zero-order chi connectivity index (χ0) is 24.1. The molecule has 174 valence electrons. The number of allylic oxidation sites excluding steroid dienone is 1. The zero-order valence-corrected chi connectivity index (χ0v) is 19.0. The van der Waals surface area contributed by atoms with E-state index in [0.29, 0.717) is 17.7 Å². The highest BCUT2D eigenvalue weighted by molar-refractivity contribution is 6.18. The number of ether oxygens (including phenoxy) is 3. The first-order chi connectivity index (χ1) is 15.6. The molecule has 1 atom stereocenters. The fourth-order valence-electron chi connectivity index (χ4n) is 5.02. The molecule has 0 radical (unpaired) electrons. The lowest BCUT2D eigenvalue weighted by Gasteiger charge is -2.41. The first-order valence-corrected chi connectivity index (χ1v) is 10.7. The van der Waals surface area contributed by atoms with Crippen LogP contribution in [0, 0.1) is 5.41 Å². The maximum Gasteiger partial charge on any atom is 0.339 e. The van der Waals surface area contributed by atoms with Crippen LogP contribution in [0.2, 0.25) is 0 Å². The van der Waals surface area contributed by atoms with Crippen molar-refractivity contribution in [2.75, 3.05) is 25.2 Å². The number of nitrogens with two attached hydrogens (primary N) is 1. The summed E-state index contributed by atoms with van der Waals surface area (Å²) in [4.78, 5) is 53.9. The van der Waals surface area contributed by atoms with Gasteiger partial charge in [0.05, 0.1) is 19.3 Å². The Balaban J connectivity index is 2.04. The molecule has 0 saturated heterocycles. The summed E-state index contributed by atoms with van der Waals surface area (Å²) < 4.78 is 15.7. The van der Waals surface area contributed by atoms with E-state index in [1.165, 1.54) is 4.90 Å². The van der Waals surface area contributed by atoms with Gasteiger partial charge in [-0.1, -0.05) is 32.0 Å². The number of ketones is 1. The Bertz CT molecular complexity index is 1150. The number of hydrogen-bond donors (Lipinski definition) is 1. The topological polar surface area (TPSA) is 125 Å². The average Bonchev–Trinajstić information content (AvgIpc) is 3.02. The molecule has 33 heavy (non-hydrogen) atoms. The number of anilines is 1. The number of esters is 3. The van der Waals surface area contributed by atoms with Crippen LogP contribution in [0.3, 0.4) is 0 Å². The lowest BCUT2D eigenvalue weighted by Crippen LogP contribution is -2.51. The van der Waals surface area contributed by atoms with Crippen LogP contribution in [-0.4, -0.2) is 44.0 Å². The summed E-state index contributed by atoms with van der Waals surface area (Å²) in [7, 11) is 1.16. The molecular weight excluding hydrogens is 428 g/mol. The highest BCUT2D eigenvalue weighted by atomic mass is 16.5. The largest absolute Gasteiger partial charge is 0.466 e. The van der Waals surface area contributed by atoms with Crippen LogP contribution in [0.4, 0.5) is 5.69 Å². The highest BCUT2D eigenvalue weighted by Gasteiger charge is 2.64. The van der Waals surface area contributed by atoms with Gasteiger partial charge in [0.25, 0.3) is 0 Å². The molecular formula is C24H26N2O7. The second-order valence-corrected chi connectivity index (χ2v) is 9.04. The first-order valence-electron chi connectivity index (χ1n) is 10.7. The molecule has 9 nitrogen and oxygen atoms in total. The molecule has 2 aliphatic heterocycles. The Kier molecular flexibility index (Phi) is 5.30. The fraction of sp³-hybridized carbons (Fsp3) is 0.417. The van der Waals surface area contributed by atoms with Gasteiger partial charge in [-0.15, -0.1) is 0 Å². The van der Waals surface area contributed by atoms with Crippen molar-refractivity contribution >= 4 is 29.4 Å². The van der Waals surface area contributed by atoms with Crippen LogP contribution in [-0.2, 0) is 38.8 Å². The SMILES string of the molecule is CCOC(=O)CN1C(N)=C(C(=O)OC)[C@]2(C(=O)OC3=C2C(=O)CC(C)(C)C3)c2ccccc21. The fourth-order valence-corrected chi connectivity index (χ4v) is 5.02. The summed E-state index contributed by atoms with van der Waals surface area (Å²) >= 11 is 0. The maximum atomic E-state index is 13.6. The van der Waals surface area contributed by atoms with Crippen molar-refractivity contribution in [3.05, 3.63) is 52.6 Å². The summed E-state index contributed by atoms with van der Waals surface area (Å²) in [6, 6.07) is 6.69. The van der Waals surface area contributed by atoms with Gasteiger partial charge in [0.1, 0.15) is 23.7 Å². The van der Waals surface area contributed by atoms with E-state index >= 15 is 0 Å². The number of para-hydroxylation sites is 1. The number of fused-ring (bicyclic) bond motifs is 3. The van der Waals surface area contributed by atoms with Crippen molar-refractivity contribution in [3.8, 4) is 0 Å². The molecule has 0 saturated carbocycles. The summed E-state index contributed by atoms with van der Waals surface area (Å²) in [5.41, 5.74) is 4.77. The highest BCUT2D eigenvalue weighted by Crippen LogP contribution is 2.57. The number of methoxy groups -OCH3 is 1. The van der Waals surface area contributed by atoms with Gasteiger partial charge in [0, 0.05) is 24.1 Å². The average molecular weight is 454 g/mol. The second kappa shape index (κ2) is 7.75. The predicted octanol–water partition coefficient (Wildman–Crippen LogP) is 1.85. The van der Waals surface area contributed by atoms with Crippen molar-refractivity contribution in [1.29, 1.82) is 0 Å². The molecule has 0 amide bonds. The Labute approximate surface area is 191 Å². The lowest BCUT2D eigenvalue weighted by atomic mass is 9.62. The van der Waals surface area contributed by atoms with E-state index in [9.17, 15) is 19.2 Å². The molecule has 4 rings (SSSR count). The number of carbonyl (C=O) groups is 4. The molecule has 0 fully saturated rings. The summed E-state index contributed by atoms with van der Waals surface area (Å²) in [6.07, 6.45) is 0.526. The van der Waals surface area contributed by atoms with E-state index in [0.717, 1.165) is 7.11 Å². The van der Waals surface area contributed by atoms with E-state index in [-0.39, 0.29) is 48.1 Å². The molecule has 1 spiro atoms. The molecule has 3 aliphatic rings. The molecule has 1 aliphatic carbocycles. The minimum atomic E-state index is -1.87. The van der Waals surface area contributed by atoms with Crippen LogP contribution in [0.5, 0.6) is 0 Å². The van der Waals surface area contributed by atoms with Gasteiger partial charge in [-0.3, -0.25) is 9.59 Å². The minimum absolute atomic E-state index is 0.110. The van der Waals surface area contributed by atoms with Crippen molar-refractivity contribution < 1.29 is 33.4 Å². The Morgan fingerprint density at radius 3 is 2.55 bits per heavy atom. The third-order valence-corrected chi connectivity index (χ3v) is 6.24. The van der Waals surface area contributed by atoms with Gasteiger partial charge in [-0.25, -0.2) is 9.59 Å². The second-order valence-electron chi connectivity index (χ2n) is 9.04. The molecule has 2 heterocycles. The minimum Gasteiger partial charge on any atom is -0.466 e. The molecule has 0 aromatic heterocycles. The number of Topliss-reactive ketones (excluding diaryl/α,β-unsaturated/α-hetero) is 1. The number of carbonyl (C=O) groups excluding carboxylic acids is 4. The summed E-state index contributed by atoms with van der Waals surface area (Å²) in [6.45, 7) is 5.37. The van der Waals surface area contributed by atoms with Crippen LogP contribution in [0.15, 0.2) is 47.0 Å². The smallest absolute Gasteiger partial charge is 0.339 e. The van der Waals surface area contributed by atoms with Crippen LogP contribution < -0.4 is 10.6 Å². The first kappa shape index (κ1) is 22.6. The Morgan fingerprint density at radius 1 is 1.18 bits per heavy atom. The Hall–Kier alpha value is -3.62. The van der Waals surface area contributed by atoms with Gasteiger partial charge in [0.2, 0.25) is 0 Å². The van der Waals surface area contributed by atoms with E-state index in [4.69, 9.17) is 19.9 Å². The van der Waals surface area contributed by atoms with Gasteiger partial charge < -0.3 is 24.8 Å². The molecule has 9 heteroatoms. The van der Waals surface area contributed by atoms with Gasteiger partial charge >= 0.3 is 17.9 Å². The zero-order valence-electron chi connectivity index (χ0n) is 19.0. The van der Waals surface area contributed by atoms with Crippen molar-refractivity contribution in [2.45, 2.75) is 39.0 Å². The normalized spacial score (nSPS) is 23.3. The standard InChI is InChI=1S/C24H26N2O7/c1-5-32-17(28)12-26-14-9-7-6-8-13(14)24(19(20(26)25)21(29)31-4)18-15(27)10-23(2,3)11-16(18)33-22(24)30/h6-9H,5,10-12,25H2,1-4H3/t24-/m0/s1. The van der Waals surface area contributed by atoms with Crippen molar-refractivity contribution in [3.63, 3.8) is 0 Å². The van der Waals surface area contributed by atoms with Crippen molar-refractivity contribution in [1.82, 2.24) is 0 Å². The quantitative estimate of drug-likeness (QED) is 0.536. The van der Waals surface area contributed by atoms with E-state index in [2.05, 4.69) is 0 Å². The number of nitrogens with zero attached hydrogens (tertiary/aromatic N) is 1. The number of rotatable bonds is 4. The molecule has 1 aromatic carbocycles. The number of benzene rings is 1.